The van der Waals surface area contributed by atoms with Crippen LogP contribution in [0.5, 0.6) is 0 Å². The van der Waals surface area contributed by atoms with Gasteiger partial charge in [-0.15, -0.1) is 17.8 Å². The van der Waals surface area contributed by atoms with Crippen LogP contribution in [0.1, 0.15) is 6.42 Å². The summed E-state index contributed by atoms with van der Waals surface area (Å²) >= 11 is 1.19. The molecule has 1 aromatic carbocycles. The van der Waals surface area contributed by atoms with Crippen LogP contribution in [0, 0.1) is 12.3 Å². The Morgan fingerprint density at radius 1 is 1.41 bits per heavy atom. The van der Waals surface area contributed by atoms with Gasteiger partial charge in [-0.25, -0.2) is 8.42 Å². The second-order valence-electron chi connectivity index (χ2n) is 5.03. The number of hydrogen-bond acceptors (Lipinski definition) is 4. The molecule has 1 saturated heterocycles. The van der Waals surface area contributed by atoms with Crippen molar-refractivity contribution in [1.82, 2.24) is 9.62 Å². The molecule has 3 rings (SSSR count). The van der Waals surface area contributed by atoms with Gasteiger partial charge in [-0.1, -0.05) is 24.1 Å². The van der Waals surface area contributed by atoms with Crippen molar-refractivity contribution in [2.24, 2.45) is 0 Å². The van der Waals surface area contributed by atoms with Crippen LogP contribution in [-0.2, 0) is 14.8 Å². The third kappa shape index (κ3) is 2.73. The van der Waals surface area contributed by atoms with Crippen LogP contribution in [0.15, 0.2) is 34.5 Å². The summed E-state index contributed by atoms with van der Waals surface area (Å²) in [7, 11) is -3.71. The molecule has 0 spiro atoms. The third-order valence-corrected chi connectivity index (χ3v) is 6.61. The molecular formula is C15H14N2O3S2. The minimum atomic E-state index is -3.71. The predicted octanol–water partition coefficient (Wildman–Crippen LogP) is 1.41. The van der Waals surface area contributed by atoms with E-state index in [-0.39, 0.29) is 16.7 Å². The number of fused-ring (bicyclic) bond motifs is 1. The number of thiophene rings is 1. The standard InChI is InChI=1S/C15H14N2O3S2/c1-2-8-17-9-7-12(15(17)18)16-22(19,20)14-10-11-5-3-4-6-13(11)21-14/h1,3-6,10,12,16H,7-9H2/t12-/m0/s1. The van der Waals surface area contributed by atoms with Gasteiger partial charge in [-0.2, -0.15) is 4.72 Å². The van der Waals surface area contributed by atoms with E-state index in [1.807, 2.05) is 24.3 Å². The van der Waals surface area contributed by atoms with Crippen molar-refractivity contribution in [3.8, 4) is 12.3 Å². The smallest absolute Gasteiger partial charge is 0.250 e. The number of nitrogens with zero attached hydrogens (tertiary/aromatic N) is 1. The Morgan fingerprint density at radius 2 is 2.18 bits per heavy atom. The molecule has 1 N–H and O–H groups in total. The maximum Gasteiger partial charge on any atom is 0.250 e. The molecule has 1 aromatic heterocycles. The fourth-order valence-corrected chi connectivity index (χ4v) is 5.09. The van der Waals surface area contributed by atoms with E-state index in [9.17, 15) is 13.2 Å². The second kappa shape index (κ2) is 5.72. The molecule has 1 fully saturated rings. The van der Waals surface area contributed by atoms with Crippen molar-refractivity contribution in [2.45, 2.75) is 16.7 Å². The van der Waals surface area contributed by atoms with Crippen LogP contribution in [0.25, 0.3) is 10.1 Å². The van der Waals surface area contributed by atoms with Gasteiger partial charge >= 0.3 is 0 Å². The molecule has 1 atom stereocenters. The number of nitrogens with one attached hydrogen (secondary N) is 1. The van der Waals surface area contributed by atoms with E-state index in [0.717, 1.165) is 10.1 Å². The van der Waals surface area contributed by atoms with Gasteiger partial charge < -0.3 is 4.90 Å². The fraction of sp³-hybridized carbons (Fsp3) is 0.267. The third-order valence-electron chi connectivity index (χ3n) is 3.54. The molecule has 0 aliphatic carbocycles. The molecule has 1 amide bonds. The molecule has 7 heteroatoms. The second-order valence-corrected chi connectivity index (χ2v) is 8.05. The van der Waals surface area contributed by atoms with E-state index in [1.54, 1.807) is 6.07 Å². The van der Waals surface area contributed by atoms with Gasteiger partial charge in [0.05, 0.1) is 6.54 Å². The van der Waals surface area contributed by atoms with Crippen molar-refractivity contribution in [3.05, 3.63) is 30.3 Å². The lowest BCUT2D eigenvalue weighted by Crippen LogP contribution is -2.41. The number of carbonyl (C=O) groups excluding carboxylic acids is 1. The van der Waals surface area contributed by atoms with Crippen LogP contribution in [0.4, 0.5) is 0 Å². The van der Waals surface area contributed by atoms with Gasteiger partial charge in [-0.05, 0) is 23.9 Å². The summed E-state index contributed by atoms with van der Waals surface area (Å²) in [5, 5.41) is 0.875. The van der Waals surface area contributed by atoms with Crippen molar-refractivity contribution < 1.29 is 13.2 Å². The van der Waals surface area contributed by atoms with Crippen LogP contribution < -0.4 is 4.72 Å². The monoisotopic (exact) mass is 334 g/mol. The van der Waals surface area contributed by atoms with Crippen LogP contribution >= 0.6 is 11.3 Å². The molecule has 0 unspecified atom stereocenters. The summed E-state index contributed by atoms with van der Waals surface area (Å²) in [6.07, 6.45) is 5.63. The van der Waals surface area contributed by atoms with Crippen LogP contribution in [0.2, 0.25) is 0 Å². The molecule has 114 valence electrons. The zero-order valence-electron chi connectivity index (χ0n) is 11.7. The molecule has 2 heterocycles. The number of carbonyl (C=O) groups is 1. The molecular weight excluding hydrogens is 320 g/mol. The van der Waals surface area contributed by atoms with Crippen molar-refractivity contribution in [3.63, 3.8) is 0 Å². The fourth-order valence-electron chi connectivity index (χ4n) is 2.45. The van der Waals surface area contributed by atoms with Crippen LogP contribution in [0.3, 0.4) is 0 Å². The molecule has 1 aliphatic heterocycles. The molecule has 5 nitrogen and oxygen atoms in total. The number of hydrogen-bond donors (Lipinski definition) is 1. The van der Waals surface area contributed by atoms with Crippen LogP contribution in [-0.4, -0.2) is 38.4 Å². The molecule has 1 aliphatic rings. The van der Waals surface area contributed by atoms with Crippen molar-refractivity contribution in [2.75, 3.05) is 13.1 Å². The quantitative estimate of drug-likeness (QED) is 0.860. The Morgan fingerprint density at radius 3 is 2.91 bits per heavy atom. The van der Waals surface area contributed by atoms with Gasteiger partial charge in [0.25, 0.3) is 10.0 Å². The topological polar surface area (TPSA) is 66.5 Å². The number of terminal acetylenes is 1. The molecule has 0 radical (unpaired) electrons. The first-order chi connectivity index (χ1) is 10.5. The Labute approximate surface area is 133 Å². The van der Waals surface area contributed by atoms with E-state index < -0.39 is 16.1 Å². The van der Waals surface area contributed by atoms with E-state index in [0.29, 0.717) is 13.0 Å². The molecule has 2 aromatic rings. The van der Waals surface area contributed by atoms with E-state index in [2.05, 4.69) is 10.6 Å². The lowest BCUT2D eigenvalue weighted by molar-refractivity contribution is -0.128. The van der Waals surface area contributed by atoms with E-state index in [1.165, 1.54) is 16.2 Å². The van der Waals surface area contributed by atoms with Gasteiger partial charge in [0.2, 0.25) is 5.91 Å². The first-order valence-corrected chi connectivity index (χ1v) is 9.04. The Hall–Kier alpha value is -1.88. The average Bonchev–Trinajstić information content (AvgIpc) is 3.06. The first kappa shape index (κ1) is 15.0. The largest absolute Gasteiger partial charge is 0.330 e. The highest BCUT2D eigenvalue weighted by Crippen LogP contribution is 2.29. The normalized spacial score (nSPS) is 18.8. The summed E-state index contributed by atoms with van der Waals surface area (Å²) < 4.78 is 28.5. The SMILES string of the molecule is C#CCN1CC[C@H](NS(=O)(=O)c2cc3ccccc3s2)C1=O. The number of sulfonamides is 1. The highest BCUT2D eigenvalue weighted by atomic mass is 32.2. The summed E-state index contributed by atoms with van der Waals surface area (Å²) in [5.74, 6) is 2.14. The highest BCUT2D eigenvalue weighted by molar-refractivity contribution is 7.91. The van der Waals surface area contributed by atoms with Gasteiger partial charge in [0, 0.05) is 11.2 Å². The first-order valence-electron chi connectivity index (χ1n) is 6.74. The Kier molecular flexibility index (Phi) is 3.91. The summed E-state index contributed by atoms with van der Waals surface area (Å²) in [6.45, 7) is 0.683. The van der Waals surface area contributed by atoms with Crippen molar-refractivity contribution >= 4 is 37.4 Å². The van der Waals surface area contributed by atoms with E-state index >= 15 is 0 Å². The molecule has 0 saturated carbocycles. The Balaban J connectivity index is 1.82. The number of benzene rings is 1. The van der Waals surface area contributed by atoms with Crippen molar-refractivity contribution in [1.29, 1.82) is 0 Å². The summed E-state index contributed by atoms with van der Waals surface area (Å²) in [6, 6.07) is 8.34. The minimum Gasteiger partial charge on any atom is -0.330 e. The summed E-state index contributed by atoms with van der Waals surface area (Å²) in [5.41, 5.74) is 0. The molecule has 0 bridgehead atoms. The minimum absolute atomic E-state index is 0.208. The lowest BCUT2D eigenvalue weighted by Gasteiger charge is -2.13. The van der Waals surface area contributed by atoms with Gasteiger partial charge in [-0.3, -0.25) is 4.79 Å². The van der Waals surface area contributed by atoms with Gasteiger partial charge in [0.1, 0.15) is 10.3 Å². The van der Waals surface area contributed by atoms with E-state index in [4.69, 9.17) is 6.42 Å². The predicted molar refractivity (Wildman–Crippen MR) is 86.0 cm³/mol. The average molecular weight is 334 g/mol. The number of likely N-dealkylation sites (tertiary alicyclic amines) is 1. The number of rotatable bonds is 4. The Bertz CT molecular complexity index is 831. The highest BCUT2D eigenvalue weighted by Gasteiger charge is 2.34. The van der Waals surface area contributed by atoms with Gasteiger partial charge in [0.15, 0.2) is 0 Å². The lowest BCUT2D eigenvalue weighted by atomic mass is 10.3. The zero-order chi connectivity index (χ0) is 15.7. The zero-order valence-corrected chi connectivity index (χ0v) is 13.3. The maximum atomic E-state index is 12.5. The maximum absolute atomic E-state index is 12.5. The number of amides is 1. The molecule has 22 heavy (non-hydrogen) atoms. The summed E-state index contributed by atoms with van der Waals surface area (Å²) in [4.78, 5) is 13.6.